The van der Waals surface area contributed by atoms with E-state index in [9.17, 15) is 4.79 Å². The van der Waals surface area contributed by atoms with Crippen LogP contribution in [0.4, 0.5) is 11.4 Å². The second-order valence-corrected chi connectivity index (χ2v) is 5.25. The van der Waals surface area contributed by atoms with Crippen LogP contribution in [0.5, 0.6) is 17.2 Å². The molecule has 6 heteroatoms. The largest absolute Gasteiger partial charge is 0.497 e. The molecule has 0 unspecified atom stereocenters. The zero-order chi connectivity index (χ0) is 18.1. The quantitative estimate of drug-likeness (QED) is 0.728. The predicted molar refractivity (Wildman–Crippen MR) is 98.9 cm³/mol. The van der Waals surface area contributed by atoms with Gasteiger partial charge in [0.25, 0.3) is 0 Å². The van der Waals surface area contributed by atoms with Gasteiger partial charge in [-0.05, 0) is 43.3 Å². The molecule has 2 aromatic carbocycles. The maximum Gasteiger partial charge on any atom is 0.226 e. The third-order valence-corrected chi connectivity index (χ3v) is 3.53. The first-order chi connectivity index (χ1) is 12.2. The van der Waals surface area contributed by atoms with Crippen molar-refractivity contribution in [2.45, 2.75) is 13.3 Å². The Labute approximate surface area is 148 Å². The van der Waals surface area contributed by atoms with Crippen LogP contribution in [0.15, 0.2) is 42.5 Å². The molecule has 0 spiro atoms. The first-order valence-corrected chi connectivity index (χ1v) is 8.15. The number of rotatable bonds is 9. The van der Waals surface area contributed by atoms with Crippen molar-refractivity contribution in [1.82, 2.24) is 0 Å². The summed E-state index contributed by atoms with van der Waals surface area (Å²) >= 11 is 0. The summed E-state index contributed by atoms with van der Waals surface area (Å²) in [4.78, 5) is 12.1. The van der Waals surface area contributed by atoms with Crippen LogP contribution in [-0.4, -0.2) is 33.3 Å². The summed E-state index contributed by atoms with van der Waals surface area (Å²) in [5, 5.41) is 6.05. The summed E-state index contributed by atoms with van der Waals surface area (Å²) < 4.78 is 15.8. The molecule has 2 rings (SSSR count). The lowest BCUT2D eigenvalue weighted by Crippen LogP contribution is -2.16. The van der Waals surface area contributed by atoms with Crippen LogP contribution >= 0.6 is 0 Å². The highest BCUT2D eigenvalue weighted by atomic mass is 16.5. The Bertz CT molecular complexity index is 686. The fraction of sp³-hybridized carbons (Fsp3) is 0.316. The smallest absolute Gasteiger partial charge is 0.226 e. The summed E-state index contributed by atoms with van der Waals surface area (Å²) in [6.45, 7) is 3.11. The van der Waals surface area contributed by atoms with Crippen molar-refractivity contribution in [3.63, 3.8) is 0 Å². The van der Waals surface area contributed by atoms with Crippen LogP contribution in [0.1, 0.15) is 13.3 Å². The Morgan fingerprint density at radius 3 is 2.36 bits per heavy atom. The number of hydrogen-bond acceptors (Lipinski definition) is 5. The normalized spacial score (nSPS) is 10.0. The van der Waals surface area contributed by atoms with Crippen molar-refractivity contribution < 1.29 is 19.0 Å². The van der Waals surface area contributed by atoms with Crippen molar-refractivity contribution in [2.75, 3.05) is 38.0 Å². The van der Waals surface area contributed by atoms with Gasteiger partial charge in [0.15, 0.2) is 0 Å². The van der Waals surface area contributed by atoms with Gasteiger partial charge in [0, 0.05) is 24.7 Å². The summed E-state index contributed by atoms with van der Waals surface area (Å²) in [6, 6.07) is 12.9. The second-order valence-electron chi connectivity index (χ2n) is 5.25. The van der Waals surface area contributed by atoms with E-state index in [0.29, 0.717) is 36.8 Å². The molecule has 0 saturated heterocycles. The maximum atomic E-state index is 12.1. The highest BCUT2D eigenvalue weighted by Crippen LogP contribution is 2.28. The molecule has 0 heterocycles. The number of carbonyl (C=O) groups is 1. The van der Waals surface area contributed by atoms with E-state index in [-0.39, 0.29) is 5.91 Å². The lowest BCUT2D eigenvalue weighted by atomic mass is 10.2. The Kier molecular flexibility index (Phi) is 6.95. The van der Waals surface area contributed by atoms with Crippen molar-refractivity contribution in [2.24, 2.45) is 0 Å². The van der Waals surface area contributed by atoms with Gasteiger partial charge in [-0.2, -0.15) is 0 Å². The SMILES string of the molecule is CCOc1ccc(NCCC(=O)Nc2cc(OC)ccc2OC)cc1. The molecular weight excluding hydrogens is 320 g/mol. The van der Waals surface area contributed by atoms with Gasteiger partial charge >= 0.3 is 0 Å². The van der Waals surface area contributed by atoms with Crippen LogP contribution in [0, 0.1) is 0 Å². The average molecular weight is 344 g/mol. The third kappa shape index (κ3) is 5.60. The number of anilines is 2. The molecule has 0 aliphatic rings. The molecule has 134 valence electrons. The van der Waals surface area contributed by atoms with Gasteiger partial charge in [-0.25, -0.2) is 0 Å². The zero-order valence-corrected chi connectivity index (χ0v) is 14.8. The molecule has 0 bridgehead atoms. The van der Waals surface area contributed by atoms with Gasteiger partial charge in [-0.1, -0.05) is 0 Å². The summed E-state index contributed by atoms with van der Waals surface area (Å²) in [5.41, 5.74) is 1.53. The molecule has 0 aromatic heterocycles. The van der Waals surface area contributed by atoms with Gasteiger partial charge in [0.2, 0.25) is 5.91 Å². The molecular formula is C19H24N2O4. The molecule has 0 aliphatic heterocycles. The van der Waals surface area contributed by atoms with Crippen LogP contribution in [0.3, 0.4) is 0 Å². The van der Waals surface area contributed by atoms with Crippen molar-refractivity contribution in [3.05, 3.63) is 42.5 Å². The topological polar surface area (TPSA) is 68.8 Å². The lowest BCUT2D eigenvalue weighted by Gasteiger charge is -2.12. The number of hydrogen-bond donors (Lipinski definition) is 2. The number of amides is 1. The highest BCUT2D eigenvalue weighted by molar-refractivity contribution is 5.92. The molecule has 25 heavy (non-hydrogen) atoms. The molecule has 0 radical (unpaired) electrons. The van der Waals surface area contributed by atoms with E-state index in [1.807, 2.05) is 31.2 Å². The zero-order valence-electron chi connectivity index (χ0n) is 14.8. The second kappa shape index (κ2) is 9.42. The number of nitrogens with one attached hydrogen (secondary N) is 2. The molecule has 6 nitrogen and oxygen atoms in total. The molecule has 0 saturated carbocycles. The Morgan fingerprint density at radius 2 is 1.72 bits per heavy atom. The van der Waals surface area contributed by atoms with E-state index in [2.05, 4.69) is 10.6 Å². The Balaban J connectivity index is 1.84. The first kappa shape index (κ1) is 18.4. The van der Waals surface area contributed by atoms with Gasteiger partial charge in [0.1, 0.15) is 17.2 Å². The fourth-order valence-corrected chi connectivity index (χ4v) is 2.28. The van der Waals surface area contributed by atoms with Gasteiger partial charge in [-0.15, -0.1) is 0 Å². The third-order valence-electron chi connectivity index (χ3n) is 3.53. The van der Waals surface area contributed by atoms with Crippen LogP contribution in [0.2, 0.25) is 0 Å². The summed E-state index contributed by atoms with van der Waals surface area (Å²) in [7, 11) is 3.14. The van der Waals surface area contributed by atoms with Gasteiger partial charge < -0.3 is 24.8 Å². The molecule has 0 aliphatic carbocycles. The minimum atomic E-state index is -0.106. The van der Waals surface area contributed by atoms with E-state index in [0.717, 1.165) is 11.4 Å². The molecule has 1 amide bonds. The van der Waals surface area contributed by atoms with Crippen LogP contribution in [0.25, 0.3) is 0 Å². The predicted octanol–water partition coefficient (Wildman–Crippen LogP) is 3.54. The van der Waals surface area contributed by atoms with E-state index >= 15 is 0 Å². The van der Waals surface area contributed by atoms with E-state index in [1.54, 1.807) is 32.4 Å². The molecule has 2 aromatic rings. The molecule has 0 atom stereocenters. The van der Waals surface area contributed by atoms with Gasteiger partial charge in [0.05, 0.1) is 26.5 Å². The van der Waals surface area contributed by atoms with Crippen molar-refractivity contribution in [1.29, 1.82) is 0 Å². The number of benzene rings is 2. The van der Waals surface area contributed by atoms with Gasteiger partial charge in [-0.3, -0.25) is 4.79 Å². The summed E-state index contributed by atoms with van der Waals surface area (Å²) in [5.74, 6) is 1.97. The first-order valence-electron chi connectivity index (χ1n) is 8.15. The molecule has 2 N–H and O–H groups in total. The lowest BCUT2D eigenvalue weighted by molar-refractivity contribution is -0.116. The number of ether oxygens (including phenoxy) is 3. The van der Waals surface area contributed by atoms with Crippen LogP contribution < -0.4 is 24.8 Å². The highest BCUT2D eigenvalue weighted by Gasteiger charge is 2.09. The number of carbonyl (C=O) groups excluding carboxylic acids is 1. The minimum Gasteiger partial charge on any atom is -0.497 e. The van der Waals surface area contributed by atoms with E-state index in [4.69, 9.17) is 14.2 Å². The van der Waals surface area contributed by atoms with E-state index < -0.39 is 0 Å². The maximum absolute atomic E-state index is 12.1. The van der Waals surface area contributed by atoms with E-state index in [1.165, 1.54) is 0 Å². The number of methoxy groups -OCH3 is 2. The van der Waals surface area contributed by atoms with Crippen molar-refractivity contribution in [3.8, 4) is 17.2 Å². The monoisotopic (exact) mass is 344 g/mol. The van der Waals surface area contributed by atoms with Crippen molar-refractivity contribution >= 4 is 17.3 Å². The fourth-order valence-electron chi connectivity index (χ4n) is 2.28. The standard InChI is InChI=1S/C19H24N2O4/c1-4-25-15-7-5-14(6-8-15)20-12-11-19(22)21-17-13-16(23-2)9-10-18(17)24-3/h5-10,13,20H,4,11-12H2,1-3H3,(H,21,22). The Morgan fingerprint density at radius 1 is 1.00 bits per heavy atom. The average Bonchev–Trinajstić information content (AvgIpc) is 2.63. The Hall–Kier alpha value is -2.89. The van der Waals surface area contributed by atoms with Crippen LogP contribution in [-0.2, 0) is 4.79 Å². The molecule has 0 fully saturated rings. The minimum absolute atomic E-state index is 0.106. The summed E-state index contributed by atoms with van der Waals surface area (Å²) in [6.07, 6.45) is 0.327.